The Morgan fingerprint density at radius 3 is 2.62 bits per heavy atom. The molecule has 2 aromatic carbocycles. The number of hydrogen-bond donors (Lipinski definition) is 2. The van der Waals surface area contributed by atoms with Crippen LogP contribution in [0.1, 0.15) is 6.92 Å². The Hall–Kier alpha value is -2.63. The summed E-state index contributed by atoms with van der Waals surface area (Å²) in [5.41, 5.74) is 0.359. The molecule has 2 aromatic rings. The molecule has 6 heteroatoms. The highest BCUT2D eigenvalue weighted by atomic mass is 19.1. The second-order valence-electron chi connectivity index (χ2n) is 4.32. The molecular weight excluding hydrogens is 278 g/mol. The molecule has 0 saturated heterocycles. The van der Waals surface area contributed by atoms with Gasteiger partial charge in [0.2, 0.25) is 0 Å². The Labute approximate surface area is 120 Å². The fourth-order valence-corrected chi connectivity index (χ4v) is 1.88. The first-order chi connectivity index (χ1) is 10.0. The number of anilines is 2. The molecule has 0 saturated carbocycles. The molecule has 2 rings (SSSR count). The van der Waals surface area contributed by atoms with Crippen molar-refractivity contribution in [1.82, 2.24) is 0 Å². The molecule has 0 fully saturated rings. The number of nitrogens with zero attached hydrogens (tertiary/aromatic N) is 1. The van der Waals surface area contributed by atoms with E-state index in [9.17, 15) is 18.7 Å². The second-order valence-corrected chi connectivity index (χ2v) is 4.32. The van der Waals surface area contributed by atoms with Crippen LogP contribution in [0.4, 0.5) is 25.0 Å². The number of hydrogen-bond acceptors (Lipinski definition) is 2. The van der Waals surface area contributed by atoms with Crippen molar-refractivity contribution in [1.29, 1.82) is 0 Å². The standard InChI is InChI=1S/C15H14F2N2O2/c1-2-19(11-4-3-5-12(20)9-11)15(21)18-14-7-6-10(16)8-13(14)17/h3-9,20H,2H2,1H3,(H,18,21). The summed E-state index contributed by atoms with van der Waals surface area (Å²) in [7, 11) is 0. The second kappa shape index (κ2) is 6.21. The SMILES string of the molecule is CCN(C(=O)Nc1ccc(F)cc1F)c1cccc(O)c1. The number of nitrogens with one attached hydrogen (secondary N) is 1. The number of halogens is 2. The first-order valence-electron chi connectivity index (χ1n) is 6.34. The summed E-state index contributed by atoms with van der Waals surface area (Å²) >= 11 is 0. The van der Waals surface area contributed by atoms with Crippen molar-refractivity contribution in [2.24, 2.45) is 0 Å². The summed E-state index contributed by atoms with van der Waals surface area (Å²) in [6.07, 6.45) is 0. The van der Waals surface area contributed by atoms with E-state index in [4.69, 9.17) is 0 Å². The normalized spacial score (nSPS) is 10.2. The Balaban J connectivity index is 2.21. The highest BCUT2D eigenvalue weighted by Gasteiger charge is 2.16. The minimum absolute atomic E-state index is 0.0201. The minimum Gasteiger partial charge on any atom is -0.508 e. The van der Waals surface area contributed by atoms with Gasteiger partial charge in [-0.3, -0.25) is 4.90 Å². The van der Waals surface area contributed by atoms with Crippen molar-refractivity contribution in [3.63, 3.8) is 0 Å². The monoisotopic (exact) mass is 292 g/mol. The lowest BCUT2D eigenvalue weighted by molar-refractivity contribution is 0.257. The molecule has 4 nitrogen and oxygen atoms in total. The molecule has 0 radical (unpaired) electrons. The first kappa shape index (κ1) is 14.8. The van der Waals surface area contributed by atoms with Crippen LogP contribution >= 0.6 is 0 Å². The topological polar surface area (TPSA) is 52.6 Å². The molecule has 0 aliphatic carbocycles. The van der Waals surface area contributed by atoms with Gasteiger partial charge in [-0.15, -0.1) is 0 Å². The minimum atomic E-state index is -0.852. The molecule has 0 heterocycles. The molecule has 2 amide bonds. The molecule has 0 aliphatic heterocycles. The average molecular weight is 292 g/mol. The van der Waals surface area contributed by atoms with E-state index in [1.807, 2.05) is 0 Å². The van der Waals surface area contributed by atoms with Gasteiger partial charge in [0, 0.05) is 24.4 Å². The van der Waals surface area contributed by atoms with Gasteiger partial charge in [0.1, 0.15) is 17.4 Å². The van der Waals surface area contributed by atoms with E-state index in [1.165, 1.54) is 17.0 Å². The van der Waals surface area contributed by atoms with Crippen molar-refractivity contribution >= 4 is 17.4 Å². The summed E-state index contributed by atoms with van der Waals surface area (Å²) in [5, 5.41) is 11.8. The van der Waals surface area contributed by atoms with Crippen molar-refractivity contribution in [3.8, 4) is 5.75 Å². The number of rotatable bonds is 3. The number of urea groups is 1. The largest absolute Gasteiger partial charge is 0.508 e. The van der Waals surface area contributed by atoms with Gasteiger partial charge < -0.3 is 10.4 Å². The smallest absolute Gasteiger partial charge is 0.326 e. The van der Waals surface area contributed by atoms with Gasteiger partial charge in [0.25, 0.3) is 0 Å². The van der Waals surface area contributed by atoms with Crippen LogP contribution in [-0.4, -0.2) is 17.7 Å². The van der Waals surface area contributed by atoms with E-state index >= 15 is 0 Å². The molecule has 21 heavy (non-hydrogen) atoms. The third-order valence-electron chi connectivity index (χ3n) is 2.88. The number of benzene rings is 2. The van der Waals surface area contributed by atoms with Gasteiger partial charge in [0.15, 0.2) is 0 Å². The third-order valence-corrected chi connectivity index (χ3v) is 2.88. The maximum Gasteiger partial charge on any atom is 0.326 e. The number of carbonyl (C=O) groups excluding carboxylic acids is 1. The number of phenolic OH excluding ortho intramolecular Hbond substituents is 1. The van der Waals surface area contributed by atoms with Gasteiger partial charge in [-0.2, -0.15) is 0 Å². The van der Waals surface area contributed by atoms with Gasteiger partial charge in [-0.25, -0.2) is 13.6 Å². The lowest BCUT2D eigenvalue weighted by atomic mass is 10.2. The number of phenols is 1. The van der Waals surface area contributed by atoms with E-state index < -0.39 is 17.7 Å². The molecule has 0 atom stereocenters. The quantitative estimate of drug-likeness (QED) is 0.905. The van der Waals surface area contributed by atoms with Crippen molar-refractivity contribution in [3.05, 3.63) is 54.1 Å². The molecule has 0 aromatic heterocycles. The zero-order valence-corrected chi connectivity index (χ0v) is 11.3. The van der Waals surface area contributed by atoms with Crippen LogP contribution in [-0.2, 0) is 0 Å². The predicted octanol–water partition coefficient (Wildman–Crippen LogP) is 3.73. The fourth-order valence-electron chi connectivity index (χ4n) is 1.88. The van der Waals surface area contributed by atoms with Crippen LogP contribution in [0.25, 0.3) is 0 Å². The zero-order chi connectivity index (χ0) is 15.4. The highest BCUT2D eigenvalue weighted by Crippen LogP contribution is 2.22. The van der Waals surface area contributed by atoms with Crippen LogP contribution in [0, 0.1) is 11.6 Å². The lowest BCUT2D eigenvalue weighted by Crippen LogP contribution is -2.35. The van der Waals surface area contributed by atoms with Crippen LogP contribution in [0.5, 0.6) is 5.75 Å². The molecule has 0 aliphatic rings. The highest BCUT2D eigenvalue weighted by molar-refractivity contribution is 6.01. The van der Waals surface area contributed by atoms with E-state index in [0.29, 0.717) is 18.3 Å². The summed E-state index contributed by atoms with van der Waals surface area (Å²) in [6, 6.07) is 8.47. The molecular formula is C15H14F2N2O2. The summed E-state index contributed by atoms with van der Waals surface area (Å²) < 4.78 is 26.4. The van der Waals surface area contributed by atoms with E-state index in [2.05, 4.69) is 5.32 Å². The van der Waals surface area contributed by atoms with Gasteiger partial charge in [-0.05, 0) is 31.2 Å². The summed E-state index contributed by atoms with van der Waals surface area (Å²) in [6.45, 7) is 2.06. The Morgan fingerprint density at radius 1 is 1.24 bits per heavy atom. The lowest BCUT2D eigenvalue weighted by Gasteiger charge is -2.21. The van der Waals surface area contributed by atoms with Crippen LogP contribution in [0.15, 0.2) is 42.5 Å². The van der Waals surface area contributed by atoms with Gasteiger partial charge >= 0.3 is 6.03 Å². The fraction of sp³-hybridized carbons (Fsp3) is 0.133. The Kier molecular flexibility index (Phi) is 4.37. The Morgan fingerprint density at radius 2 is 2.00 bits per heavy atom. The van der Waals surface area contributed by atoms with Gasteiger partial charge in [-0.1, -0.05) is 6.07 Å². The van der Waals surface area contributed by atoms with Crippen LogP contribution < -0.4 is 10.2 Å². The van der Waals surface area contributed by atoms with E-state index in [-0.39, 0.29) is 11.4 Å². The molecule has 0 unspecified atom stereocenters. The van der Waals surface area contributed by atoms with Crippen molar-refractivity contribution in [2.75, 3.05) is 16.8 Å². The Bertz CT molecular complexity index is 662. The zero-order valence-electron chi connectivity index (χ0n) is 11.3. The van der Waals surface area contributed by atoms with E-state index in [1.54, 1.807) is 19.1 Å². The van der Waals surface area contributed by atoms with Crippen LogP contribution in [0.2, 0.25) is 0 Å². The van der Waals surface area contributed by atoms with E-state index in [0.717, 1.165) is 12.1 Å². The van der Waals surface area contributed by atoms with Gasteiger partial charge in [0.05, 0.1) is 5.69 Å². The molecule has 0 spiro atoms. The number of amides is 2. The van der Waals surface area contributed by atoms with Crippen molar-refractivity contribution < 1.29 is 18.7 Å². The third kappa shape index (κ3) is 3.47. The van der Waals surface area contributed by atoms with Crippen LogP contribution in [0.3, 0.4) is 0 Å². The number of carbonyl (C=O) groups is 1. The summed E-state index contributed by atoms with van der Waals surface area (Å²) in [5.74, 6) is -1.55. The molecule has 2 N–H and O–H groups in total. The number of aromatic hydroxyl groups is 1. The maximum absolute atomic E-state index is 13.5. The summed E-state index contributed by atoms with van der Waals surface area (Å²) in [4.78, 5) is 13.5. The van der Waals surface area contributed by atoms with Crippen molar-refractivity contribution in [2.45, 2.75) is 6.92 Å². The molecule has 110 valence electrons. The molecule has 0 bridgehead atoms. The first-order valence-corrected chi connectivity index (χ1v) is 6.34. The average Bonchev–Trinajstić information content (AvgIpc) is 2.43. The maximum atomic E-state index is 13.5. The predicted molar refractivity (Wildman–Crippen MR) is 76.5 cm³/mol.